The smallest absolute Gasteiger partial charge is 0.0752 e. The molecule has 0 saturated carbocycles. The van der Waals surface area contributed by atoms with Crippen LogP contribution in [0, 0.1) is 5.92 Å². The van der Waals surface area contributed by atoms with Crippen LogP contribution in [0.4, 0.5) is 0 Å². The van der Waals surface area contributed by atoms with Gasteiger partial charge in [-0.25, -0.2) is 0 Å². The number of hydrogen-bond acceptors (Lipinski definition) is 1. The first-order valence-electron chi connectivity index (χ1n) is 3.87. The van der Waals surface area contributed by atoms with Crippen molar-refractivity contribution in [1.29, 1.82) is 0 Å². The van der Waals surface area contributed by atoms with Gasteiger partial charge in [0.25, 0.3) is 0 Å². The van der Waals surface area contributed by atoms with Gasteiger partial charge in [-0.1, -0.05) is 33.0 Å². The lowest BCUT2D eigenvalue weighted by molar-refractivity contribution is 0.487. The molecule has 0 bridgehead atoms. The van der Waals surface area contributed by atoms with E-state index in [9.17, 15) is 0 Å². The molecule has 1 atom stereocenters. The SMILES string of the molecule is CCC(=S)NC(C)C(C)C. The van der Waals surface area contributed by atoms with E-state index in [1.807, 2.05) is 0 Å². The fourth-order valence-electron chi connectivity index (χ4n) is 0.523. The summed E-state index contributed by atoms with van der Waals surface area (Å²) in [6, 6.07) is 0.507. The van der Waals surface area contributed by atoms with Gasteiger partial charge in [0.15, 0.2) is 0 Å². The van der Waals surface area contributed by atoms with Gasteiger partial charge in [0.1, 0.15) is 0 Å². The minimum Gasteiger partial charge on any atom is -0.377 e. The topological polar surface area (TPSA) is 12.0 Å². The quantitative estimate of drug-likeness (QED) is 0.634. The first kappa shape index (κ1) is 9.89. The first-order chi connectivity index (χ1) is 4.57. The Kier molecular flexibility index (Phi) is 4.62. The van der Waals surface area contributed by atoms with Gasteiger partial charge in [-0.15, -0.1) is 0 Å². The summed E-state index contributed by atoms with van der Waals surface area (Å²) in [5, 5.41) is 3.26. The summed E-state index contributed by atoms with van der Waals surface area (Å²) >= 11 is 5.04. The van der Waals surface area contributed by atoms with Crippen molar-refractivity contribution in [2.75, 3.05) is 0 Å². The molecule has 0 heterocycles. The molecule has 0 aromatic heterocycles. The van der Waals surface area contributed by atoms with Crippen LogP contribution in [0.15, 0.2) is 0 Å². The molecule has 0 aliphatic carbocycles. The predicted molar refractivity (Wildman–Crippen MR) is 50.3 cm³/mol. The molecular formula is C8H17NS. The fourth-order valence-corrected chi connectivity index (χ4v) is 0.709. The number of rotatable bonds is 3. The van der Waals surface area contributed by atoms with E-state index in [0.29, 0.717) is 12.0 Å². The third-order valence-corrected chi connectivity index (χ3v) is 2.12. The molecule has 0 amide bonds. The van der Waals surface area contributed by atoms with Gasteiger partial charge in [0, 0.05) is 6.04 Å². The maximum atomic E-state index is 5.04. The van der Waals surface area contributed by atoms with E-state index in [0.717, 1.165) is 11.4 Å². The largest absolute Gasteiger partial charge is 0.377 e. The van der Waals surface area contributed by atoms with E-state index in [1.54, 1.807) is 0 Å². The third kappa shape index (κ3) is 3.83. The molecule has 0 aromatic rings. The van der Waals surface area contributed by atoms with E-state index in [-0.39, 0.29) is 0 Å². The molecule has 0 aliphatic rings. The van der Waals surface area contributed by atoms with Gasteiger partial charge in [-0.3, -0.25) is 0 Å². The van der Waals surface area contributed by atoms with E-state index in [2.05, 4.69) is 33.0 Å². The summed E-state index contributed by atoms with van der Waals surface area (Å²) in [4.78, 5) is 0.973. The number of hydrogen-bond donors (Lipinski definition) is 1. The van der Waals surface area contributed by atoms with Gasteiger partial charge < -0.3 is 5.32 Å². The summed E-state index contributed by atoms with van der Waals surface area (Å²) in [6.07, 6.45) is 0.951. The predicted octanol–water partition coefficient (Wildman–Crippen LogP) is 2.36. The van der Waals surface area contributed by atoms with Crippen LogP contribution < -0.4 is 5.32 Å². The zero-order chi connectivity index (χ0) is 8.15. The molecule has 0 rings (SSSR count). The molecule has 0 radical (unpaired) electrons. The Labute approximate surface area is 69.2 Å². The minimum atomic E-state index is 0.507. The van der Waals surface area contributed by atoms with Crippen LogP contribution in [-0.4, -0.2) is 11.0 Å². The Hall–Kier alpha value is -0.110. The summed E-state index contributed by atoms with van der Waals surface area (Å²) < 4.78 is 0. The normalized spacial score (nSPS) is 13.3. The second kappa shape index (κ2) is 4.67. The summed E-state index contributed by atoms with van der Waals surface area (Å²) in [5.74, 6) is 0.657. The molecule has 10 heavy (non-hydrogen) atoms. The van der Waals surface area contributed by atoms with Crippen molar-refractivity contribution in [3.8, 4) is 0 Å². The van der Waals surface area contributed by atoms with Crippen molar-refractivity contribution < 1.29 is 0 Å². The molecule has 0 saturated heterocycles. The summed E-state index contributed by atoms with van der Waals surface area (Å²) in [6.45, 7) is 8.61. The zero-order valence-electron chi connectivity index (χ0n) is 7.27. The zero-order valence-corrected chi connectivity index (χ0v) is 8.09. The highest BCUT2D eigenvalue weighted by Crippen LogP contribution is 2.00. The standard InChI is InChI=1S/C8H17NS/c1-5-8(10)9-7(4)6(2)3/h6-7H,5H2,1-4H3,(H,9,10). The van der Waals surface area contributed by atoms with Crippen LogP contribution in [0.25, 0.3) is 0 Å². The van der Waals surface area contributed by atoms with Crippen LogP contribution in [0.1, 0.15) is 34.1 Å². The van der Waals surface area contributed by atoms with Crippen molar-refractivity contribution >= 4 is 17.2 Å². The van der Waals surface area contributed by atoms with Crippen molar-refractivity contribution in [2.45, 2.75) is 40.2 Å². The van der Waals surface area contributed by atoms with Crippen LogP contribution in [0.2, 0.25) is 0 Å². The Bertz CT molecular complexity index is 110. The fraction of sp³-hybridized carbons (Fsp3) is 0.875. The highest BCUT2D eigenvalue weighted by molar-refractivity contribution is 7.80. The molecule has 0 fully saturated rings. The molecular weight excluding hydrogens is 142 g/mol. The second-order valence-electron chi connectivity index (χ2n) is 2.95. The van der Waals surface area contributed by atoms with Gasteiger partial charge in [0.05, 0.1) is 4.99 Å². The Morgan fingerprint density at radius 2 is 1.90 bits per heavy atom. The third-order valence-electron chi connectivity index (χ3n) is 1.71. The second-order valence-corrected chi connectivity index (χ2v) is 3.45. The van der Waals surface area contributed by atoms with Gasteiger partial charge in [-0.05, 0) is 19.3 Å². The van der Waals surface area contributed by atoms with Crippen LogP contribution in [0.5, 0.6) is 0 Å². The average Bonchev–Trinajstić information content (AvgIpc) is 1.87. The molecule has 0 aliphatic heterocycles. The molecule has 1 unspecified atom stereocenters. The minimum absolute atomic E-state index is 0.507. The van der Waals surface area contributed by atoms with Crippen molar-refractivity contribution in [3.05, 3.63) is 0 Å². The maximum Gasteiger partial charge on any atom is 0.0752 e. The van der Waals surface area contributed by atoms with E-state index < -0.39 is 0 Å². The van der Waals surface area contributed by atoms with E-state index in [4.69, 9.17) is 12.2 Å². The Morgan fingerprint density at radius 1 is 1.40 bits per heavy atom. The van der Waals surface area contributed by atoms with Crippen LogP contribution >= 0.6 is 12.2 Å². The summed E-state index contributed by atoms with van der Waals surface area (Å²) in [5.41, 5.74) is 0. The maximum absolute atomic E-state index is 5.04. The molecule has 0 spiro atoms. The first-order valence-corrected chi connectivity index (χ1v) is 4.28. The Morgan fingerprint density at radius 3 is 2.20 bits per heavy atom. The molecule has 1 N–H and O–H groups in total. The highest BCUT2D eigenvalue weighted by atomic mass is 32.1. The summed E-state index contributed by atoms with van der Waals surface area (Å²) in [7, 11) is 0. The van der Waals surface area contributed by atoms with Crippen LogP contribution in [0.3, 0.4) is 0 Å². The molecule has 60 valence electrons. The average molecular weight is 159 g/mol. The lowest BCUT2D eigenvalue weighted by atomic mass is 10.1. The highest BCUT2D eigenvalue weighted by Gasteiger charge is 2.05. The van der Waals surface area contributed by atoms with Crippen LogP contribution in [-0.2, 0) is 0 Å². The lowest BCUT2D eigenvalue weighted by Crippen LogP contribution is -2.34. The Balaban J connectivity index is 3.57. The van der Waals surface area contributed by atoms with Gasteiger partial charge in [-0.2, -0.15) is 0 Å². The number of nitrogens with one attached hydrogen (secondary N) is 1. The number of thiocarbonyl (C=S) groups is 1. The molecule has 1 nitrogen and oxygen atoms in total. The van der Waals surface area contributed by atoms with Crippen molar-refractivity contribution in [2.24, 2.45) is 5.92 Å². The van der Waals surface area contributed by atoms with E-state index in [1.165, 1.54) is 0 Å². The molecule has 2 heteroatoms. The lowest BCUT2D eigenvalue weighted by Gasteiger charge is -2.18. The molecule has 0 aromatic carbocycles. The van der Waals surface area contributed by atoms with Gasteiger partial charge in [0.2, 0.25) is 0 Å². The van der Waals surface area contributed by atoms with E-state index >= 15 is 0 Å². The van der Waals surface area contributed by atoms with Gasteiger partial charge >= 0.3 is 0 Å². The van der Waals surface area contributed by atoms with Crippen molar-refractivity contribution in [3.63, 3.8) is 0 Å². The monoisotopic (exact) mass is 159 g/mol. The van der Waals surface area contributed by atoms with Crippen molar-refractivity contribution in [1.82, 2.24) is 5.32 Å².